The normalized spacial score (nSPS) is 21.3. The van der Waals surface area contributed by atoms with Gasteiger partial charge in [0.2, 0.25) is 0 Å². The Morgan fingerprint density at radius 2 is 1.95 bits per heavy atom. The number of benzene rings is 2. The van der Waals surface area contributed by atoms with Crippen LogP contribution in [-0.2, 0) is 6.54 Å². The molecule has 0 amide bonds. The fourth-order valence-corrected chi connectivity index (χ4v) is 2.56. The number of nitrogens with two attached hydrogens (primary N) is 1. The second kappa shape index (κ2) is 5.24. The van der Waals surface area contributed by atoms with Gasteiger partial charge in [0, 0.05) is 18.5 Å². The van der Waals surface area contributed by atoms with Gasteiger partial charge in [-0.1, -0.05) is 48.0 Å². The summed E-state index contributed by atoms with van der Waals surface area (Å²) in [6, 6.07) is 17.1. The maximum Gasteiger partial charge on any atom is 0.0635 e. The van der Waals surface area contributed by atoms with Crippen LogP contribution in [0.1, 0.15) is 23.5 Å². The van der Waals surface area contributed by atoms with Crippen molar-refractivity contribution in [3.05, 3.63) is 64.7 Å². The predicted octanol–water partition coefficient (Wildman–Crippen LogP) is 3.57. The van der Waals surface area contributed by atoms with Crippen molar-refractivity contribution < 1.29 is 0 Å². The summed E-state index contributed by atoms with van der Waals surface area (Å²) in [5.74, 6) is 0.658. The molecule has 3 heteroatoms. The summed E-state index contributed by atoms with van der Waals surface area (Å²) in [7, 11) is 0. The number of nitrogens with one attached hydrogen (secondary N) is 1. The molecule has 98 valence electrons. The van der Waals surface area contributed by atoms with E-state index in [1.807, 2.05) is 18.2 Å². The van der Waals surface area contributed by atoms with Crippen LogP contribution < -0.4 is 11.1 Å². The number of hydrogen-bond donors (Lipinski definition) is 2. The summed E-state index contributed by atoms with van der Waals surface area (Å²) in [6.07, 6.45) is 1.22. The number of hydrogen-bond acceptors (Lipinski definition) is 2. The molecule has 0 spiro atoms. The van der Waals surface area contributed by atoms with Crippen LogP contribution in [0, 0.1) is 0 Å². The molecule has 2 atom stereocenters. The predicted molar refractivity (Wildman–Crippen MR) is 80.3 cm³/mol. The van der Waals surface area contributed by atoms with Crippen LogP contribution in [0.5, 0.6) is 0 Å². The Hall–Kier alpha value is -1.51. The molecule has 0 heterocycles. The van der Waals surface area contributed by atoms with E-state index in [-0.39, 0.29) is 0 Å². The lowest BCUT2D eigenvalue weighted by Crippen LogP contribution is -2.17. The van der Waals surface area contributed by atoms with Gasteiger partial charge in [0.05, 0.1) is 10.7 Å². The Kier molecular flexibility index (Phi) is 3.45. The average Bonchev–Trinajstić information content (AvgIpc) is 3.21. The maximum absolute atomic E-state index is 5.91. The topological polar surface area (TPSA) is 38.0 Å². The summed E-state index contributed by atoms with van der Waals surface area (Å²) in [6.45, 7) is 0.843. The van der Waals surface area contributed by atoms with Gasteiger partial charge in [-0.15, -0.1) is 0 Å². The summed E-state index contributed by atoms with van der Waals surface area (Å²) in [4.78, 5) is 0. The van der Waals surface area contributed by atoms with Crippen LogP contribution in [-0.4, -0.2) is 6.04 Å². The fourth-order valence-electron chi connectivity index (χ4n) is 2.44. The molecular weight excluding hydrogens is 256 g/mol. The molecule has 0 aliphatic heterocycles. The van der Waals surface area contributed by atoms with Gasteiger partial charge in [-0.05, 0) is 29.7 Å². The van der Waals surface area contributed by atoms with Gasteiger partial charge in [0.1, 0.15) is 0 Å². The van der Waals surface area contributed by atoms with Crippen LogP contribution in [0.4, 0.5) is 5.69 Å². The maximum atomic E-state index is 5.91. The van der Waals surface area contributed by atoms with Crippen LogP contribution >= 0.6 is 11.6 Å². The van der Waals surface area contributed by atoms with E-state index in [9.17, 15) is 0 Å². The van der Waals surface area contributed by atoms with Gasteiger partial charge in [-0.3, -0.25) is 0 Å². The molecule has 0 bridgehead atoms. The molecule has 0 saturated heterocycles. The number of halogens is 1. The lowest BCUT2D eigenvalue weighted by Gasteiger charge is -2.06. The lowest BCUT2D eigenvalue weighted by molar-refractivity contribution is 0.673. The van der Waals surface area contributed by atoms with Crippen LogP contribution in [0.15, 0.2) is 48.5 Å². The van der Waals surface area contributed by atoms with E-state index < -0.39 is 0 Å². The molecule has 0 aromatic heterocycles. The molecule has 1 fully saturated rings. The minimum absolute atomic E-state index is 0.583. The smallest absolute Gasteiger partial charge is 0.0635 e. The van der Waals surface area contributed by atoms with Crippen molar-refractivity contribution in [2.75, 3.05) is 5.73 Å². The second-order valence-electron chi connectivity index (χ2n) is 5.10. The summed E-state index contributed by atoms with van der Waals surface area (Å²) < 4.78 is 0. The quantitative estimate of drug-likeness (QED) is 0.835. The van der Waals surface area contributed by atoms with Crippen LogP contribution in [0.2, 0.25) is 5.02 Å². The SMILES string of the molecule is Nc1cc(CNC2CC2c2ccccc2)ccc1Cl. The van der Waals surface area contributed by atoms with Crippen LogP contribution in [0.3, 0.4) is 0 Å². The van der Waals surface area contributed by atoms with Crippen molar-refractivity contribution in [1.29, 1.82) is 0 Å². The Morgan fingerprint density at radius 1 is 1.16 bits per heavy atom. The summed E-state index contributed by atoms with van der Waals surface area (Å²) in [5.41, 5.74) is 9.06. The molecule has 1 aliphatic rings. The molecule has 1 saturated carbocycles. The molecule has 3 rings (SSSR count). The lowest BCUT2D eigenvalue weighted by atomic mass is 10.1. The monoisotopic (exact) mass is 272 g/mol. The van der Waals surface area contributed by atoms with E-state index in [4.69, 9.17) is 17.3 Å². The number of rotatable bonds is 4. The highest BCUT2D eigenvalue weighted by Gasteiger charge is 2.37. The van der Waals surface area contributed by atoms with Gasteiger partial charge in [-0.25, -0.2) is 0 Å². The highest BCUT2D eigenvalue weighted by atomic mass is 35.5. The first-order valence-electron chi connectivity index (χ1n) is 6.56. The van der Waals surface area contributed by atoms with E-state index in [1.165, 1.54) is 17.5 Å². The fraction of sp³-hybridized carbons (Fsp3) is 0.250. The first-order chi connectivity index (χ1) is 9.24. The molecule has 19 heavy (non-hydrogen) atoms. The van der Waals surface area contributed by atoms with Crippen molar-refractivity contribution in [3.63, 3.8) is 0 Å². The minimum atomic E-state index is 0.583. The zero-order valence-electron chi connectivity index (χ0n) is 10.6. The second-order valence-corrected chi connectivity index (χ2v) is 5.50. The number of anilines is 1. The van der Waals surface area contributed by atoms with E-state index in [0.717, 1.165) is 6.54 Å². The third-order valence-corrected chi connectivity index (χ3v) is 3.99. The molecule has 2 nitrogen and oxygen atoms in total. The third kappa shape index (κ3) is 2.91. The molecule has 2 unspecified atom stereocenters. The van der Waals surface area contributed by atoms with Crippen molar-refractivity contribution >= 4 is 17.3 Å². The molecule has 3 N–H and O–H groups in total. The molecule has 2 aromatic carbocycles. The Morgan fingerprint density at radius 3 is 2.68 bits per heavy atom. The van der Waals surface area contributed by atoms with E-state index in [0.29, 0.717) is 22.7 Å². The van der Waals surface area contributed by atoms with Gasteiger partial charge in [0.15, 0.2) is 0 Å². The van der Waals surface area contributed by atoms with Crippen molar-refractivity contribution in [3.8, 4) is 0 Å². The van der Waals surface area contributed by atoms with E-state index in [1.54, 1.807) is 0 Å². The zero-order chi connectivity index (χ0) is 13.2. The van der Waals surface area contributed by atoms with Gasteiger partial charge < -0.3 is 11.1 Å². The minimum Gasteiger partial charge on any atom is -0.398 e. The van der Waals surface area contributed by atoms with Crippen molar-refractivity contribution in [2.24, 2.45) is 0 Å². The third-order valence-electron chi connectivity index (χ3n) is 3.65. The molecule has 2 aromatic rings. The Labute approximate surface area is 118 Å². The average molecular weight is 273 g/mol. The summed E-state index contributed by atoms with van der Waals surface area (Å²) >= 11 is 5.91. The largest absolute Gasteiger partial charge is 0.398 e. The number of nitrogen functional groups attached to an aromatic ring is 1. The molecule has 0 radical (unpaired) electrons. The Balaban J connectivity index is 1.56. The zero-order valence-corrected chi connectivity index (χ0v) is 11.4. The first kappa shape index (κ1) is 12.5. The van der Waals surface area contributed by atoms with Gasteiger partial charge >= 0.3 is 0 Å². The van der Waals surface area contributed by atoms with Crippen molar-refractivity contribution in [1.82, 2.24) is 5.32 Å². The first-order valence-corrected chi connectivity index (χ1v) is 6.94. The van der Waals surface area contributed by atoms with E-state index >= 15 is 0 Å². The molecule has 1 aliphatic carbocycles. The highest BCUT2D eigenvalue weighted by molar-refractivity contribution is 6.33. The highest BCUT2D eigenvalue weighted by Crippen LogP contribution is 2.40. The summed E-state index contributed by atoms with van der Waals surface area (Å²) in [5, 5.41) is 4.19. The van der Waals surface area contributed by atoms with E-state index in [2.05, 4.69) is 35.6 Å². The van der Waals surface area contributed by atoms with Crippen LogP contribution in [0.25, 0.3) is 0 Å². The van der Waals surface area contributed by atoms with Crippen molar-refractivity contribution in [2.45, 2.75) is 24.9 Å². The van der Waals surface area contributed by atoms with Gasteiger partial charge in [0.25, 0.3) is 0 Å². The Bertz CT molecular complexity index is 568. The molecular formula is C16H17ClN2. The van der Waals surface area contributed by atoms with Gasteiger partial charge in [-0.2, -0.15) is 0 Å². The standard InChI is InChI=1S/C16H17ClN2/c17-14-7-6-11(8-15(14)18)10-19-16-9-13(16)12-4-2-1-3-5-12/h1-8,13,16,19H,9-10,18H2.